The summed E-state index contributed by atoms with van der Waals surface area (Å²) < 4.78 is 24.0. The summed E-state index contributed by atoms with van der Waals surface area (Å²) in [6.07, 6.45) is 3.71. The van der Waals surface area contributed by atoms with Gasteiger partial charge in [-0.2, -0.15) is 5.10 Å². The Balaban J connectivity index is 1.75. The number of aryl methyl sites for hydroxylation is 3. The molecule has 2 N–H and O–H groups in total. The molecule has 0 aliphatic carbocycles. The maximum Gasteiger partial charge on any atom is 0.274 e. The number of pyridine rings is 1. The summed E-state index contributed by atoms with van der Waals surface area (Å²) >= 11 is 0. The number of rotatable bonds is 8. The predicted octanol–water partition coefficient (Wildman–Crippen LogP) is 4.74. The molecule has 0 spiro atoms. The first kappa shape index (κ1) is 27.1. The number of nitrogens with zero attached hydrogens (tertiary/aromatic N) is 4. The molecule has 10 heteroatoms. The van der Waals surface area contributed by atoms with Gasteiger partial charge in [-0.25, -0.2) is 4.39 Å². The van der Waals surface area contributed by atoms with Crippen LogP contribution in [0.3, 0.4) is 0 Å². The number of nitrogens with one attached hydrogen (secondary N) is 2. The molecule has 0 bridgehead atoms. The maximum absolute atomic E-state index is 14.1. The van der Waals surface area contributed by atoms with Gasteiger partial charge in [0.1, 0.15) is 28.5 Å². The van der Waals surface area contributed by atoms with Gasteiger partial charge in [-0.3, -0.25) is 14.3 Å². The van der Waals surface area contributed by atoms with Crippen molar-refractivity contribution in [3.63, 3.8) is 0 Å². The van der Waals surface area contributed by atoms with Crippen molar-refractivity contribution in [2.24, 2.45) is 7.05 Å². The number of hydrogen-bond donors (Lipinski definition) is 2. The van der Waals surface area contributed by atoms with Crippen molar-refractivity contribution in [2.75, 3.05) is 27.2 Å². The largest absolute Gasteiger partial charge is 0.456 e. The Hall–Kier alpha value is -4.44. The lowest BCUT2D eigenvalue weighted by atomic mass is 10.0. The normalized spacial score (nSPS) is 11.6. The molecular formula is C30H33FN6O3. The summed E-state index contributed by atoms with van der Waals surface area (Å²) in [6.45, 7) is 7.43. The Bertz CT molecular complexity index is 1790. The second-order valence-electron chi connectivity index (χ2n) is 10.4. The van der Waals surface area contributed by atoms with E-state index in [1.165, 1.54) is 16.7 Å². The Morgan fingerprint density at radius 1 is 1.10 bits per heavy atom. The van der Waals surface area contributed by atoms with E-state index in [1.807, 2.05) is 44.0 Å². The lowest BCUT2D eigenvalue weighted by Gasteiger charge is -2.16. The molecule has 5 rings (SSSR count). The highest BCUT2D eigenvalue weighted by Crippen LogP contribution is 2.41. The SMILES string of the molecule is CCNC(=O)c1cc2c(-c3cc4nn(CCN(C)C)cc4cc3Oc3c(C)cc(F)cc3C)cn(C)c(=O)c2[nH]1. The number of ether oxygens (including phenoxy) is 1. The number of likely N-dealkylation sites (N-methyl/N-ethyl adjacent to an activating group) is 1. The Morgan fingerprint density at radius 2 is 1.82 bits per heavy atom. The molecule has 2 aromatic carbocycles. The third-order valence-electron chi connectivity index (χ3n) is 6.90. The van der Waals surface area contributed by atoms with Crippen LogP contribution >= 0.6 is 0 Å². The number of hydrogen-bond acceptors (Lipinski definition) is 5. The van der Waals surface area contributed by atoms with Gasteiger partial charge >= 0.3 is 0 Å². The van der Waals surface area contributed by atoms with E-state index in [9.17, 15) is 14.0 Å². The molecule has 0 aliphatic heterocycles. The van der Waals surface area contributed by atoms with E-state index in [4.69, 9.17) is 9.84 Å². The lowest BCUT2D eigenvalue weighted by Crippen LogP contribution is -2.23. The minimum absolute atomic E-state index is 0.254. The van der Waals surface area contributed by atoms with Crippen molar-refractivity contribution in [1.82, 2.24) is 29.5 Å². The number of aromatic amines is 1. The molecule has 0 fully saturated rings. The van der Waals surface area contributed by atoms with Gasteiger partial charge in [0.2, 0.25) is 0 Å². The van der Waals surface area contributed by atoms with E-state index in [2.05, 4.69) is 15.2 Å². The third kappa shape index (κ3) is 5.10. The fourth-order valence-electron chi connectivity index (χ4n) is 4.91. The van der Waals surface area contributed by atoms with Crippen molar-refractivity contribution in [2.45, 2.75) is 27.3 Å². The molecule has 0 atom stereocenters. The van der Waals surface area contributed by atoms with Gasteiger partial charge in [0.25, 0.3) is 11.5 Å². The van der Waals surface area contributed by atoms with Gasteiger partial charge in [-0.15, -0.1) is 0 Å². The second kappa shape index (κ2) is 10.6. The topological polar surface area (TPSA) is 97.2 Å². The number of carbonyl (C=O) groups excluding carboxylic acids is 1. The van der Waals surface area contributed by atoms with Gasteiger partial charge in [0.15, 0.2) is 0 Å². The molecule has 1 amide bonds. The van der Waals surface area contributed by atoms with Crippen LogP contribution in [-0.2, 0) is 13.6 Å². The number of halogens is 1. The Labute approximate surface area is 231 Å². The molecule has 0 saturated heterocycles. The van der Waals surface area contributed by atoms with Gasteiger partial charge in [0, 0.05) is 54.4 Å². The van der Waals surface area contributed by atoms with E-state index >= 15 is 0 Å². The van der Waals surface area contributed by atoms with Crippen molar-refractivity contribution >= 4 is 27.7 Å². The molecule has 9 nitrogen and oxygen atoms in total. The van der Waals surface area contributed by atoms with Crippen molar-refractivity contribution in [3.05, 3.63) is 75.7 Å². The number of aromatic nitrogens is 4. The zero-order valence-electron chi connectivity index (χ0n) is 23.6. The highest BCUT2D eigenvalue weighted by Gasteiger charge is 2.21. The van der Waals surface area contributed by atoms with E-state index in [0.717, 1.165) is 17.4 Å². The first-order valence-corrected chi connectivity index (χ1v) is 13.2. The van der Waals surface area contributed by atoms with Gasteiger partial charge < -0.3 is 24.5 Å². The van der Waals surface area contributed by atoms with Crippen LogP contribution < -0.4 is 15.6 Å². The molecule has 3 heterocycles. The molecule has 5 aromatic rings. The van der Waals surface area contributed by atoms with E-state index in [-0.39, 0.29) is 17.3 Å². The van der Waals surface area contributed by atoms with E-state index in [1.54, 1.807) is 33.2 Å². The van der Waals surface area contributed by atoms with Gasteiger partial charge in [0.05, 0.1) is 12.1 Å². The molecule has 0 unspecified atom stereocenters. The monoisotopic (exact) mass is 544 g/mol. The van der Waals surface area contributed by atoms with Crippen LogP contribution in [0.1, 0.15) is 28.5 Å². The van der Waals surface area contributed by atoms with Crippen LogP contribution in [0, 0.1) is 19.7 Å². The third-order valence-corrected chi connectivity index (χ3v) is 6.90. The van der Waals surface area contributed by atoms with Gasteiger partial charge in [-0.05, 0) is 76.3 Å². The van der Waals surface area contributed by atoms with Crippen LogP contribution in [0.25, 0.3) is 32.9 Å². The summed E-state index contributed by atoms with van der Waals surface area (Å²) in [4.78, 5) is 30.8. The van der Waals surface area contributed by atoms with E-state index < -0.39 is 0 Å². The lowest BCUT2D eigenvalue weighted by molar-refractivity contribution is 0.0951. The number of carbonyl (C=O) groups is 1. The molecule has 3 aromatic heterocycles. The summed E-state index contributed by atoms with van der Waals surface area (Å²) in [5, 5.41) is 9.03. The minimum Gasteiger partial charge on any atom is -0.456 e. The smallest absolute Gasteiger partial charge is 0.274 e. The van der Waals surface area contributed by atoms with E-state index in [0.29, 0.717) is 63.4 Å². The molecule has 0 radical (unpaired) electrons. The molecule has 40 heavy (non-hydrogen) atoms. The molecule has 0 saturated carbocycles. The van der Waals surface area contributed by atoms with Crippen LogP contribution in [-0.4, -0.2) is 57.3 Å². The second-order valence-corrected chi connectivity index (χ2v) is 10.4. The fourth-order valence-corrected chi connectivity index (χ4v) is 4.91. The first-order chi connectivity index (χ1) is 19.0. The number of fused-ring (bicyclic) bond motifs is 2. The van der Waals surface area contributed by atoms with Crippen LogP contribution in [0.15, 0.2) is 47.5 Å². The zero-order chi connectivity index (χ0) is 28.7. The molecular weight excluding hydrogens is 511 g/mol. The fraction of sp³-hybridized carbons (Fsp3) is 0.300. The first-order valence-electron chi connectivity index (χ1n) is 13.2. The predicted molar refractivity (Wildman–Crippen MR) is 155 cm³/mol. The number of benzene rings is 2. The Morgan fingerprint density at radius 3 is 2.50 bits per heavy atom. The Kier molecular flexibility index (Phi) is 7.20. The van der Waals surface area contributed by atoms with Crippen molar-refractivity contribution in [1.29, 1.82) is 0 Å². The number of H-pyrrole nitrogens is 1. The van der Waals surface area contributed by atoms with Crippen molar-refractivity contribution in [3.8, 4) is 22.6 Å². The molecule has 208 valence electrons. The summed E-state index contributed by atoms with van der Waals surface area (Å²) in [7, 11) is 5.69. The summed E-state index contributed by atoms with van der Waals surface area (Å²) in [5.74, 6) is 0.458. The standard InChI is InChI=1S/C30H33FN6O3/c1-7-32-29(38)25-14-22-23(16-36(6)30(39)27(22)33-25)21-13-24-19(15-37(34-24)9-8-35(4)5)12-26(21)40-28-17(2)10-20(31)11-18(28)3/h10-16,33H,7-9H2,1-6H3,(H,32,38). The molecule has 0 aliphatic rings. The number of amides is 1. The van der Waals surface area contributed by atoms with Crippen LogP contribution in [0.4, 0.5) is 4.39 Å². The highest BCUT2D eigenvalue weighted by molar-refractivity contribution is 6.04. The van der Waals surface area contributed by atoms with Crippen molar-refractivity contribution < 1.29 is 13.9 Å². The summed E-state index contributed by atoms with van der Waals surface area (Å²) in [6, 6.07) is 8.42. The highest BCUT2D eigenvalue weighted by atomic mass is 19.1. The average Bonchev–Trinajstić information content (AvgIpc) is 3.51. The van der Waals surface area contributed by atoms with Crippen LogP contribution in [0.2, 0.25) is 0 Å². The zero-order valence-corrected chi connectivity index (χ0v) is 23.6. The minimum atomic E-state index is -0.329. The quantitative estimate of drug-likeness (QED) is 0.294. The summed E-state index contributed by atoms with van der Waals surface area (Å²) in [5.41, 5.74) is 3.83. The average molecular weight is 545 g/mol. The maximum atomic E-state index is 14.1. The van der Waals surface area contributed by atoms with Gasteiger partial charge in [-0.1, -0.05) is 0 Å². The van der Waals surface area contributed by atoms with Crippen LogP contribution in [0.5, 0.6) is 11.5 Å².